The van der Waals surface area contributed by atoms with Gasteiger partial charge in [-0.2, -0.15) is 0 Å². The van der Waals surface area contributed by atoms with Crippen molar-refractivity contribution in [3.63, 3.8) is 0 Å². The van der Waals surface area contributed by atoms with Gasteiger partial charge in [0, 0.05) is 12.1 Å². The van der Waals surface area contributed by atoms with Gasteiger partial charge in [-0.3, -0.25) is 4.90 Å². The van der Waals surface area contributed by atoms with Crippen molar-refractivity contribution >= 4 is 0 Å². The minimum absolute atomic E-state index is 0.532. The molecule has 1 saturated heterocycles. The van der Waals surface area contributed by atoms with Crippen LogP contribution < -0.4 is 0 Å². The highest BCUT2D eigenvalue weighted by Gasteiger charge is 2.52. The Bertz CT molecular complexity index is 1010. The van der Waals surface area contributed by atoms with Crippen LogP contribution in [-0.2, 0) is 12.8 Å². The second-order valence-electron chi connectivity index (χ2n) is 10.2. The van der Waals surface area contributed by atoms with Crippen LogP contribution in [0.5, 0.6) is 0 Å². The molecule has 4 atom stereocenters. The number of fused-ring (bicyclic) bond motifs is 6. The molecule has 0 aromatic heterocycles. The Morgan fingerprint density at radius 2 is 1.22 bits per heavy atom. The van der Waals surface area contributed by atoms with Crippen LogP contribution in [0.15, 0.2) is 78.9 Å². The van der Waals surface area contributed by atoms with Crippen molar-refractivity contribution in [3.05, 3.63) is 107 Å². The van der Waals surface area contributed by atoms with Gasteiger partial charge in [0.25, 0.3) is 0 Å². The molecule has 2 aliphatic carbocycles. The van der Waals surface area contributed by atoms with Crippen LogP contribution >= 0.6 is 0 Å². The third kappa shape index (κ3) is 3.25. The fraction of sp³-hybridized carbons (Fsp3) is 0.419. The molecule has 164 valence electrons. The Kier molecular flexibility index (Phi) is 5.39. The molecule has 0 radical (unpaired) electrons. The Balaban J connectivity index is 1.55. The summed E-state index contributed by atoms with van der Waals surface area (Å²) in [6.45, 7) is 3.55. The topological polar surface area (TPSA) is 3.24 Å². The first-order chi connectivity index (χ1) is 15.9. The number of likely N-dealkylation sites (tertiary alicyclic amines) is 1. The van der Waals surface area contributed by atoms with E-state index < -0.39 is 0 Å². The van der Waals surface area contributed by atoms with E-state index >= 15 is 0 Å². The molecule has 0 amide bonds. The Morgan fingerprint density at radius 1 is 0.688 bits per heavy atom. The maximum atomic E-state index is 2.97. The second-order valence-corrected chi connectivity index (χ2v) is 10.2. The van der Waals surface area contributed by atoms with E-state index in [1.807, 2.05) is 0 Å². The molecule has 0 saturated carbocycles. The van der Waals surface area contributed by atoms with Gasteiger partial charge in [-0.15, -0.1) is 0 Å². The molecule has 32 heavy (non-hydrogen) atoms. The highest BCUT2D eigenvalue weighted by Crippen LogP contribution is 2.60. The lowest BCUT2D eigenvalue weighted by atomic mass is 9.58. The fourth-order valence-corrected chi connectivity index (χ4v) is 7.40. The lowest BCUT2D eigenvalue weighted by Gasteiger charge is -2.58. The van der Waals surface area contributed by atoms with Gasteiger partial charge in [0.05, 0.1) is 0 Å². The van der Waals surface area contributed by atoms with E-state index in [1.54, 1.807) is 27.8 Å². The van der Waals surface area contributed by atoms with Crippen LogP contribution in [0.3, 0.4) is 0 Å². The number of unbranched alkanes of at least 4 members (excludes halogenated alkanes) is 1. The van der Waals surface area contributed by atoms with Gasteiger partial charge in [-0.05, 0) is 84.2 Å². The first-order valence-corrected chi connectivity index (χ1v) is 12.8. The monoisotopic (exact) mass is 421 g/mol. The summed E-state index contributed by atoms with van der Waals surface area (Å²) >= 11 is 0. The van der Waals surface area contributed by atoms with Crippen LogP contribution in [0.25, 0.3) is 0 Å². The van der Waals surface area contributed by atoms with Crippen molar-refractivity contribution in [2.75, 3.05) is 6.54 Å². The molecule has 0 spiro atoms. The maximum absolute atomic E-state index is 2.97. The summed E-state index contributed by atoms with van der Waals surface area (Å²) in [7, 11) is 0. The minimum atomic E-state index is 0.532. The van der Waals surface area contributed by atoms with Crippen molar-refractivity contribution in [2.45, 2.75) is 63.5 Å². The van der Waals surface area contributed by atoms with Gasteiger partial charge in [-0.25, -0.2) is 0 Å². The molecule has 6 rings (SSSR count). The van der Waals surface area contributed by atoms with E-state index in [9.17, 15) is 0 Å². The number of nitrogens with zero attached hydrogens (tertiary/aromatic N) is 1. The summed E-state index contributed by atoms with van der Waals surface area (Å²) in [5, 5.41) is 0. The zero-order valence-corrected chi connectivity index (χ0v) is 19.3. The predicted molar refractivity (Wildman–Crippen MR) is 133 cm³/mol. The second kappa shape index (κ2) is 8.52. The average molecular weight is 422 g/mol. The van der Waals surface area contributed by atoms with E-state index in [0.717, 1.165) is 0 Å². The highest BCUT2D eigenvalue weighted by molar-refractivity contribution is 5.41. The third-order valence-electron chi connectivity index (χ3n) is 8.64. The number of aryl methyl sites for hydroxylation is 2. The Labute approximate surface area is 193 Å². The number of rotatable bonds is 4. The van der Waals surface area contributed by atoms with Crippen LogP contribution in [0.1, 0.15) is 78.4 Å². The smallest absolute Gasteiger partial charge is 0.0391 e. The average Bonchev–Trinajstić information content (AvgIpc) is 2.86. The summed E-state index contributed by atoms with van der Waals surface area (Å²) in [5.74, 6) is 2.05. The molecule has 4 unspecified atom stereocenters. The number of benzene rings is 3. The lowest BCUT2D eigenvalue weighted by molar-refractivity contribution is -0.0389. The van der Waals surface area contributed by atoms with Crippen LogP contribution in [-0.4, -0.2) is 11.4 Å². The molecule has 1 nitrogen and oxygen atoms in total. The Morgan fingerprint density at radius 3 is 1.78 bits per heavy atom. The molecule has 3 aromatic rings. The quantitative estimate of drug-likeness (QED) is 0.422. The molecule has 1 heteroatoms. The SMILES string of the molecule is CCCCN1C2c3ccccc3CCC2C(c2ccccc2)C2CCc3ccccc3C21. The maximum Gasteiger partial charge on any atom is 0.0391 e. The van der Waals surface area contributed by atoms with Gasteiger partial charge in [-0.1, -0.05) is 92.2 Å². The van der Waals surface area contributed by atoms with Crippen molar-refractivity contribution in [2.24, 2.45) is 11.8 Å². The third-order valence-corrected chi connectivity index (χ3v) is 8.64. The summed E-state index contributed by atoms with van der Waals surface area (Å²) in [5.41, 5.74) is 7.98. The first-order valence-electron chi connectivity index (χ1n) is 12.8. The summed E-state index contributed by atoms with van der Waals surface area (Å²) < 4.78 is 0. The predicted octanol–water partition coefficient (Wildman–Crippen LogP) is 7.49. The largest absolute Gasteiger partial charge is 0.289 e. The first kappa shape index (κ1) is 20.2. The zero-order chi connectivity index (χ0) is 21.5. The van der Waals surface area contributed by atoms with Gasteiger partial charge in [0.1, 0.15) is 0 Å². The molecular weight excluding hydrogens is 386 g/mol. The molecule has 1 heterocycles. The van der Waals surface area contributed by atoms with E-state index in [2.05, 4.69) is 90.7 Å². The fourth-order valence-electron chi connectivity index (χ4n) is 7.40. The van der Waals surface area contributed by atoms with E-state index in [4.69, 9.17) is 0 Å². The summed E-state index contributed by atoms with van der Waals surface area (Å²) in [6.07, 6.45) is 7.64. The lowest BCUT2D eigenvalue weighted by Crippen LogP contribution is -2.52. The molecule has 1 fully saturated rings. The van der Waals surface area contributed by atoms with E-state index in [1.165, 1.54) is 45.1 Å². The molecular formula is C31H35N. The standard InChI is InChI=1S/C31H35N/c1-2-3-21-32-30-25-15-9-7-11-22(25)17-19-27(30)29(24-13-5-4-6-14-24)28-20-18-23-12-8-10-16-26(23)31(28)32/h4-16,27-31H,2-3,17-21H2,1H3. The normalized spacial score (nSPS) is 28.8. The molecule has 0 bridgehead atoms. The van der Waals surface area contributed by atoms with Gasteiger partial charge >= 0.3 is 0 Å². The van der Waals surface area contributed by atoms with Crippen molar-refractivity contribution < 1.29 is 0 Å². The van der Waals surface area contributed by atoms with Gasteiger partial charge in [0.15, 0.2) is 0 Å². The van der Waals surface area contributed by atoms with Crippen LogP contribution in [0, 0.1) is 11.8 Å². The zero-order valence-electron chi connectivity index (χ0n) is 19.3. The highest BCUT2D eigenvalue weighted by atomic mass is 15.2. The van der Waals surface area contributed by atoms with Crippen molar-refractivity contribution in [3.8, 4) is 0 Å². The molecule has 0 N–H and O–H groups in total. The molecule has 3 aliphatic rings. The van der Waals surface area contributed by atoms with Crippen molar-refractivity contribution in [1.29, 1.82) is 0 Å². The number of piperidine rings is 1. The molecule has 3 aromatic carbocycles. The Hall–Kier alpha value is -2.38. The van der Waals surface area contributed by atoms with Gasteiger partial charge < -0.3 is 0 Å². The summed E-state index contributed by atoms with van der Waals surface area (Å²) in [6, 6.07) is 31.3. The van der Waals surface area contributed by atoms with Crippen molar-refractivity contribution in [1.82, 2.24) is 4.90 Å². The van der Waals surface area contributed by atoms with E-state index in [0.29, 0.717) is 29.8 Å². The minimum Gasteiger partial charge on any atom is -0.289 e. The summed E-state index contributed by atoms with van der Waals surface area (Å²) in [4.78, 5) is 2.97. The van der Waals surface area contributed by atoms with Gasteiger partial charge in [0.2, 0.25) is 0 Å². The van der Waals surface area contributed by atoms with E-state index in [-0.39, 0.29) is 0 Å². The van der Waals surface area contributed by atoms with Crippen LogP contribution in [0.2, 0.25) is 0 Å². The molecule has 1 aliphatic heterocycles. The number of hydrogen-bond acceptors (Lipinski definition) is 1. The van der Waals surface area contributed by atoms with Crippen LogP contribution in [0.4, 0.5) is 0 Å². The number of hydrogen-bond donors (Lipinski definition) is 0.